The summed E-state index contributed by atoms with van der Waals surface area (Å²) >= 11 is 0. The first-order valence-corrected chi connectivity index (χ1v) is 9.09. The fraction of sp³-hybridized carbons (Fsp3) is 0.500. The summed E-state index contributed by atoms with van der Waals surface area (Å²) in [6, 6.07) is 3.62. The van der Waals surface area contributed by atoms with Crippen molar-refractivity contribution in [2.24, 2.45) is 0 Å². The SMILES string of the molecule is COC(=O)c1ccc(C(=O)OC)c(S(=O)(=O)N2CCC[C@]2(C)CO)c1. The van der Waals surface area contributed by atoms with Gasteiger partial charge in [0.05, 0.1) is 42.4 Å². The molecule has 2 rings (SSSR count). The summed E-state index contributed by atoms with van der Waals surface area (Å²) < 4.78 is 36.8. The van der Waals surface area contributed by atoms with Crippen LogP contribution in [0.2, 0.25) is 0 Å². The summed E-state index contributed by atoms with van der Waals surface area (Å²) in [5.41, 5.74) is -1.14. The van der Waals surface area contributed by atoms with E-state index in [0.717, 1.165) is 13.2 Å². The highest BCUT2D eigenvalue weighted by Crippen LogP contribution is 2.35. The lowest BCUT2D eigenvalue weighted by molar-refractivity contribution is 0.0582. The van der Waals surface area contributed by atoms with Gasteiger partial charge in [0.15, 0.2) is 0 Å². The lowest BCUT2D eigenvalue weighted by Gasteiger charge is -2.32. The molecule has 8 nitrogen and oxygen atoms in total. The van der Waals surface area contributed by atoms with Crippen LogP contribution in [0.4, 0.5) is 0 Å². The van der Waals surface area contributed by atoms with Crippen LogP contribution < -0.4 is 0 Å². The molecule has 1 aromatic rings. The molecule has 0 amide bonds. The van der Waals surface area contributed by atoms with E-state index < -0.39 is 27.5 Å². The molecule has 1 fully saturated rings. The van der Waals surface area contributed by atoms with Gasteiger partial charge in [0.25, 0.3) is 0 Å². The Balaban J connectivity index is 2.65. The Labute approximate surface area is 146 Å². The van der Waals surface area contributed by atoms with Gasteiger partial charge in [0.2, 0.25) is 10.0 Å². The van der Waals surface area contributed by atoms with Crippen molar-refractivity contribution in [1.82, 2.24) is 4.31 Å². The van der Waals surface area contributed by atoms with Gasteiger partial charge in [0.1, 0.15) is 0 Å². The summed E-state index contributed by atoms with van der Waals surface area (Å²) in [6.45, 7) is 1.50. The van der Waals surface area contributed by atoms with E-state index in [0.29, 0.717) is 12.8 Å². The molecule has 1 atom stereocenters. The first-order chi connectivity index (χ1) is 11.7. The second-order valence-electron chi connectivity index (χ2n) is 6.03. The molecular formula is C16H21NO7S. The minimum absolute atomic E-state index is 0.00127. The maximum Gasteiger partial charge on any atom is 0.339 e. The third-order valence-electron chi connectivity index (χ3n) is 4.40. The standard InChI is InChI=1S/C16H21NO7S/c1-16(10-18)7-4-8-17(16)25(21,22)13-9-11(14(19)23-2)5-6-12(13)15(20)24-3/h5-6,9,18H,4,7-8,10H2,1-3H3/t16-/m1/s1. The van der Waals surface area contributed by atoms with Crippen LogP contribution in [0, 0.1) is 0 Å². The minimum Gasteiger partial charge on any atom is -0.465 e. The Morgan fingerprint density at radius 2 is 1.88 bits per heavy atom. The second-order valence-corrected chi connectivity index (χ2v) is 7.86. The monoisotopic (exact) mass is 371 g/mol. The highest BCUT2D eigenvalue weighted by atomic mass is 32.2. The molecule has 0 unspecified atom stereocenters. The van der Waals surface area contributed by atoms with Gasteiger partial charge in [0, 0.05) is 6.54 Å². The molecule has 0 bridgehead atoms. The Morgan fingerprint density at radius 1 is 1.24 bits per heavy atom. The van der Waals surface area contributed by atoms with Crippen molar-refractivity contribution < 1.29 is 32.6 Å². The van der Waals surface area contributed by atoms with Crippen LogP contribution in [0.5, 0.6) is 0 Å². The number of aliphatic hydroxyl groups excluding tert-OH is 1. The molecule has 0 saturated carbocycles. The van der Waals surface area contributed by atoms with E-state index in [1.165, 1.54) is 23.5 Å². The van der Waals surface area contributed by atoms with Gasteiger partial charge >= 0.3 is 11.9 Å². The predicted molar refractivity (Wildman–Crippen MR) is 87.7 cm³/mol. The molecule has 9 heteroatoms. The number of hydrogen-bond donors (Lipinski definition) is 1. The summed E-state index contributed by atoms with van der Waals surface area (Å²) in [7, 11) is -1.83. The van der Waals surface area contributed by atoms with Gasteiger partial charge in [-0.25, -0.2) is 18.0 Å². The first-order valence-electron chi connectivity index (χ1n) is 7.65. The topological polar surface area (TPSA) is 110 Å². The van der Waals surface area contributed by atoms with Gasteiger partial charge in [-0.15, -0.1) is 0 Å². The zero-order valence-corrected chi connectivity index (χ0v) is 15.1. The molecule has 1 saturated heterocycles. The lowest BCUT2D eigenvalue weighted by Crippen LogP contribution is -2.47. The van der Waals surface area contributed by atoms with E-state index in [1.54, 1.807) is 6.92 Å². The zero-order chi connectivity index (χ0) is 18.8. The first kappa shape index (κ1) is 19.4. The average molecular weight is 371 g/mol. The zero-order valence-electron chi connectivity index (χ0n) is 14.3. The number of benzene rings is 1. The van der Waals surface area contributed by atoms with Crippen molar-refractivity contribution in [2.45, 2.75) is 30.2 Å². The number of sulfonamides is 1. The van der Waals surface area contributed by atoms with E-state index in [4.69, 9.17) is 0 Å². The summed E-state index contributed by atoms with van der Waals surface area (Å²) in [5.74, 6) is -1.56. The van der Waals surface area contributed by atoms with E-state index in [1.807, 2.05) is 0 Å². The van der Waals surface area contributed by atoms with Crippen LogP contribution in [0.1, 0.15) is 40.5 Å². The highest BCUT2D eigenvalue weighted by Gasteiger charge is 2.45. The molecule has 0 spiro atoms. The average Bonchev–Trinajstić information content (AvgIpc) is 3.03. The number of ether oxygens (including phenoxy) is 2. The predicted octanol–water partition coefficient (Wildman–Crippen LogP) is 0.795. The Bertz CT molecular complexity index is 790. The molecule has 0 aliphatic carbocycles. The van der Waals surface area contributed by atoms with Crippen LogP contribution >= 0.6 is 0 Å². The van der Waals surface area contributed by atoms with Gasteiger partial charge in [-0.3, -0.25) is 0 Å². The van der Waals surface area contributed by atoms with E-state index in [-0.39, 0.29) is 29.2 Å². The fourth-order valence-electron chi connectivity index (χ4n) is 2.94. The Hall–Kier alpha value is -1.97. The van der Waals surface area contributed by atoms with Gasteiger partial charge in [-0.1, -0.05) is 0 Å². The third kappa shape index (κ3) is 3.39. The number of carbonyl (C=O) groups is 2. The van der Waals surface area contributed by atoms with Crippen molar-refractivity contribution in [2.75, 3.05) is 27.4 Å². The van der Waals surface area contributed by atoms with Crippen molar-refractivity contribution in [3.63, 3.8) is 0 Å². The number of methoxy groups -OCH3 is 2. The number of hydrogen-bond acceptors (Lipinski definition) is 7. The molecule has 1 heterocycles. The molecule has 1 aromatic carbocycles. The van der Waals surface area contributed by atoms with E-state index in [9.17, 15) is 23.1 Å². The maximum absolute atomic E-state index is 13.2. The van der Waals surface area contributed by atoms with Gasteiger partial charge < -0.3 is 14.6 Å². The van der Waals surface area contributed by atoms with Crippen LogP contribution in [0.25, 0.3) is 0 Å². The third-order valence-corrected chi connectivity index (χ3v) is 6.49. The molecule has 25 heavy (non-hydrogen) atoms. The van der Waals surface area contributed by atoms with Crippen LogP contribution in [-0.2, 0) is 19.5 Å². The molecule has 1 aliphatic heterocycles. The van der Waals surface area contributed by atoms with E-state index >= 15 is 0 Å². The number of nitrogens with zero attached hydrogens (tertiary/aromatic N) is 1. The smallest absolute Gasteiger partial charge is 0.339 e. The van der Waals surface area contributed by atoms with Crippen LogP contribution in [0.3, 0.4) is 0 Å². The normalized spacial score (nSPS) is 21.1. The number of rotatable bonds is 5. The molecule has 0 radical (unpaired) electrons. The fourth-order valence-corrected chi connectivity index (χ4v) is 4.99. The van der Waals surface area contributed by atoms with Gasteiger partial charge in [-0.05, 0) is 38.0 Å². The summed E-state index contributed by atoms with van der Waals surface area (Å²) in [6.07, 6.45) is 1.08. The van der Waals surface area contributed by atoms with E-state index in [2.05, 4.69) is 9.47 Å². The van der Waals surface area contributed by atoms with Crippen LogP contribution in [0.15, 0.2) is 23.1 Å². The Morgan fingerprint density at radius 3 is 2.44 bits per heavy atom. The minimum atomic E-state index is -4.14. The highest BCUT2D eigenvalue weighted by molar-refractivity contribution is 7.89. The number of carbonyl (C=O) groups excluding carboxylic acids is 2. The maximum atomic E-state index is 13.2. The molecule has 0 aromatic heterocycles. The molecule has 1 N–H and O–H groups in total. The second kappa shape index (κ2) is 7.11. The summed E-state index contributed by atoms with van der Waals surface area (Å²) in [5, 5.41) is 9.64. The quantitative estimate of drug-likeness (QED) is 0.762. The van der Waals surface area contributed by atoms with Crippen molar-refractivity contribution in [3.05, 3.63) is 29.3 Å². The Kier molecular flexibility index (Phi) is 5.50. The number of esters is 2. The molecule has 1 aliphatic rings. The molecular weight excluding hydrogens is 350 g/mol. The molecule has 138 valence electrons. The van der Waals surface area contributed by atoms with Gasteiger partial charge in [-0.2, -0.15) is 4.31 Å². The van der Waals surface area contributed by atoms with Crippen molar-refractivity contribution in [1.29, 1.82) is 0 Å². The number of aliphatic hydroxyl groups is 1. The summed E-state index contributed by atoms with van der Waals surface area (Å²) in [4.78, 5) is 23.4. The van der Waals surface area contributed by atoms with Crippen molar-refractivity contribution >= 4 is 22.0 Å². The largest absolute Gasteiger partial charge is 0.465 e. The van der Waals surface area contributed by atoms with Crippen LogP contribution in [-0.4, -0.2) is 62.7 Å². The lowest BCUT2D eigenvalue weighted by atomic mass is 10.0. The van der Waals surface area contributed by atoms with Crippen molar-refractivity contribution in [3.8, 4) is 0 Å².